The van der Waals surface area contributed by atoms with Crippen LogP contribution in [0.1, 0.15) is 24.1 Å². The Morgan fingerprint density at radius 1 is 0.789 bits per heavy atom. The number of carbonyl (C=O) groups excluding carboxylic acids is 2. The van der Waals surface area contributed by atoms with Crippen LogP contribution < -0.4 is 28.6 Å². The van der Waals surface area contributed by atoms with Gasteiger partial charge >= 0.3 is 0 Å². The van der Waals surface area contributed by atoms with Gasteiger partial charge in [0.2, 0.25) is 0 Å². The largest absolute Gasteiger partial charge is 0.507 e. The molecule has 0 bridgehead atoms. The van der Waals surface area contributed by atoms with E-state index in [1.807, 2.05) is 6.92 Å². The molecule has 0 aliphatic carbocycles. The van der Waals surface area contributed by atoms with Gasteiger partial charge in [-0.3, -0.25) is 14.5 Å². The maximum atomic E-state index is 13.5. The lowest BCUT2D eigenvalue weighted by Gasteiger charge is -2.26. The van der Waals surface area contributed by atoms with Crippen molar-refractivity contribution >= 4 is 23.1 Å². The molecule has 0 aromatic heterocycles. The average Bonchev–Trinajstić information content (AvgIpc) is 3.22. The molecule has 1 heterocycles. The van der Waals surface area contributed by atoms with Crippen LogP contribution in [-0.2, 0) is 9.59 Å². The summed E-state index contributed by atoms with van der Waals surface area (Å²) in [6.07, 6.45) is 0. The molecule has 198 valence electrons. The Kier molecular flexibility index (Phi) is 7.76. The average molecular weight is 520 g/mol. The number of amides is 1. The van der Waals surface area contributed by atoms with E-state index in [9.17, 15) is 14.7 Å². The molecule has 0 saturated carbocycles. The van der Waals surface area contributed by atoms with Crippen LogP contribution in [0.2, 0.25) is 0 Å². The first kappa shape index (κ1) is 26.4. The minimum atomic E-state index is -0.958. The van der Waals surface area contributed by atoms with Gasteiger partial charge in [-0.15, -0.1) is 0 Å². The fourth-order valence-electron chi connectivity index (χ4n) is 4.45. The van der Waals surface area contributed by atoms with Gasteiger partial charge < -0.3 is 28.8 Å². The van der Waals surface area contributed by atoms with E-state index in [-0.39, 0.29) is 16.9 Å². The van der Waals surface area contributed by atoms with E-state index in [2.05, 4.69) is 0 Å². The number of anilines is 1. The Hall–Kier alpha value is -4.66. The van der Waals surface area contributed by atoms with Gasteiger partial charge in [0.25, 0.3) is 11.7 Å². The van der Waals surface area contributed by atoms with E-state index < -0.39 is 17.7 Å². The second-order valence-electron chi connectivity index (χ2n) is 8.28. The normalized spacial score (nSPS) is 16.3. The summed E-state index contributed by atoms with van der Waals surface area (Å²) in [6, 6.07) is 15.7. The summed E-state index contributed by atoms with van der Waals surface area (Å²) in [5.74, 6) is 0.373. The zero-order valence-electron chi connectivity index (χ0n) is 21.8. The van der Waals surface area contributed by atoms with Crippen molar-refractivity contribution in [1.29, 1.82) is 0 Å². The second kappa shape index (κ2) is 11.2. The van der Waals surface area contributed by atoms with Gasteiger partial charge in [-0.2, -0.15) is 0 Å². The van der Waals surface area contributed by atoms with Gasteiger partial charge in [-0.1, -0.05) is 6.07 Å². The SMILES string of the molecule is CCOc1ccc(N2C(=O)C(=O)/C(=C(\O)c3ccc(OC)c(OC)c3)C2c2ccc(OC)c(OC)c2)cc1. The van der Waals surface area contributed by atoms with Gasteiger partial charge in [0, 0.05) is 11.3 Å². The second-order valence-corrected chi connectivity index (χ2v) is 8.28. The van der Waals surface area contributed by atoms with Gasteiger partial charge in [0.1, 0.15) is 11.5 Å². The maximum absolute atomic E-state index is 13.5. The number of nitrogens with zero attached hydrogens (tertiary/aromatic N) is 1. The van der Waals surface area contributed by atoms with Crippen molar-refractivity contribution in [3.05, 3.63) is 77.4 Å². The quantitative estimate of drug-likeness (QED) is 0.246. The molecule has 0 spiro atoms. The number of ether oxygens (including phenoxy) is 5. The highest BCUT2D eigenvalue weighted by Crippen LogP contribution is 2.45. The molecule has 1 saturated heterocycles. The van der Waals surface area contributed by atoms with Crippen molar-refractivity contribution in [2.24, 2.45) is 0 Å². The van der Waals surface area contributed by atoms with Crippen LogP contribution in [0.15, 0.2) is 66.2 Å². The van der Waals surface area contributed by atoms with Crippen molar-refractivity contribution in [1.82, 2.24) is 0 Å². The monoisotopic (exact) mass is 519 g/mol. The lowest BCUT2D eigenvalue weighted by Crippen LogP contribution is -2.29. The third kappa shape index (κ3) is 4.70. The van der Waals surface area contributed by atoms with Crippen molar-refractivity contribution in [3.8, 4) is 28.7 Å². The van der Waals surface area contributed by atoms with E-state index >= 15 is 0 Å². The molecular formula is C29H29NO8. The Bertz CT molecular complexity index is 1380. The number of hydrogen-bond acceptors (Lipinski definition) is 8. The van der Waals surface area contributed by atoms with E-state index in [4.69, 9.17) is 23.7 Å². The molecule has 1 atom stereocenters. The number of carbonyl (C=O) groups is 2. The molecule has 1 aliphatic rings. The van der Waals surface area contributed by atoms with Crippen molar-refractivity contribution in [2.45, 2.75) is 13.0 Å². The Morgan fingerprint density at radius 3 is 1.95 bits per heavy atom. The van der Waals surface area contributed by atoms with E-state index in [1.54, 1.807) is 60.7 Å². The van der Waals surface area contributed by atoms with E-state index in [1.165, 1.54) is 33.3 Å². The molecule has 1 fully saturated rings. The summed E-state index contributed by atoms with van der Waals surface area (Å²) in [5, 5.41) is 11.4. The van der Waals surface area contributed by atoms with Gasteiger partial charge in [0.15, 0.2) is 23.0 Å². The molecule has 1 unspecified atom stereocenters. The highest BCUT2D eigenvalue weighted by Gasteiger charge is 2.47. The fourth-order valence-corrected chi connectivity index (χ4v) is 4.45. The summed E-state index contributed by atoms with van der Waals surface area (Å²) in [4.78, 5) is 28.3. The minimum Gasteiger partial charge on any atom is -0.507 e. The van der Waals surface area contributed by atoms with Crippen LogP contribution >= 0.6 is 0 Å². The molecule has 1 amide bonds. The molecule has 9 heteroatoms. The smallest absolute Gasteiger partial charge is 0.300 e. The number of benzene rings is 3. The highest BCUT2D eigenvalue weighted by atomic mass is 16.5. The van der Waals surface area contributed by atoms with Crippen LogP contribution in [0.25, 0.3) is 5.76 Å². The maximum Gasteiger partial charge on any atom is 0.300 e. The molecule has 9 nitrogen and oxygen atoms in total. The number of aliphatic hydroxyl groups excluding tert-OH is 1. The van der Waals surface area contributed by atoms with E-state index in [0.717, 1.165) is 0 Å². The Balaban J connectivity index is 1.93. The predicted molar refractivity (Wildman–Crippen MR) is 141 cm³/mol. The number of methoxy groups -OCH3 is 4. The predicted octanol–water partition coefficient (Wildman–Crippen LogP) is 4.75. The molecule has 4 rings (SSSR count). The fraction of sp³-hybridized carbons (Fsp3) is 0.241. The molecule has 3 aromatic carbocycles. The summed E-state index contributed by atoms with van der Waals surface area (Å²) in [7, 11) is 5.97. The molecule has 3 aromatic rings. The molecule has 1 aliphatic heterocycles. The topological polar surface area (TPSA) is 104 Å². The summed E-state index contributed by atoms with van der Waals surface area (Å²) >= 11 is 0. The zero-order valence-corrected chi connectivity index (χ0v) is 21.8. The molecule has 1 N–H and O–H groups in total. The lowest BCUT2D eigenvalue weighted by atomic mass is 9.94. The molecular weight excluding hydrogens is 490 g/mol. The van der Waals surface area contributed by atoms with Crippen LogP contribution in [-0.4, -0.2) is 51.8 Å². The third-order valence-corrected chi connectivity index (χ3v) is 6.25. The summed E-state index contributed by atoms with van der Waals surface area (Å²) in [6.45, 7) is 2.36. The summed E-state index contributed by atoms with van der Waals surface area (Å²) in [5.41, 5.74) is 1.21. The van der Waals surface area contributed by atoms with Gasteiger partial charge in [-0.05, 0) is 67.1 Å². The van der Waals surface area contributed by atoms with Crippen LogP contribution in [0, 0.1) is 0 Å². The minimum absolute atomic E-state index is 0.0803. The van der Waals surface area contributed by atoms with Crippen molar-refractivity contribution < 1.29 is 38.4 Å². The van der Waals surface area contributed by atoms with Crippen LogP contribution in [0.5, 0.6) is 28.7 Å². The number of rotatable bonds is 9. The van der Waals surface area contributed by atoms with Crippen molar-refractivity contribution in [2.75, 3.05) is 39.9 Å². The highest BCUT2D eigenvalue weighted by molar-refractivity contribution is 6.51. The number of Topliss-reactive ketones (excluding diaryl/α,β-unsaturated/α-hetero) is 1. The third-order valence-electron chi connectivity index (χ3n) is 6.25. The Morgan fingerprint density at radius 2 is 1.37 bits per heavy atom. The summed E-state index contributed by atoms with van der Waals surface area (Å²) < 4.78 is 27.0. The zero-order chi connectivity index (χ0) is 27.4. The standard InChI is InChI=1S/C29H29NO8/c1-6-38-20-11-9-19(10-12-20)30-26(17-7-13-21(34-2)23(15-17)36-4)25(28(32)29(30)33)27(31)18-8-14-22(35-3)24(16-18)37-5/h7-16,26,31H,6H2,1-5H3/b27-25-. The first-order chi connectivity index (χ1) is 18.4. The van der Waals surface area contributed by atoms with Crippen molar-refractivity contribution in [3.63, 3.8) is 0 Å². The lowest BCUT2D eigenvalue weighted by molar-refractivity contribution is -0.132. The Labute approximate surface area is 220 Å². The van der Waals surface area contributed by atoms with E-state index in [0.29, 0.717) is 46.6 Å². The first-order valence-electron chi connectivity index (χ1n) is 11.9. The molecule has 0 radical (unpaired) electrons. The first-order valence-corrected chi connectivity index (χ1v) is 11.9. The van der Waals surface area contributed by atoms with Gasteiger partial charge in [-0.25, -0.2) is 0 Å². The molecule has 38 heavy (non-hydrogen) atoms. The number of aliphatic hydroxyl groups is 1. The van der Waals surface area contributed by atoms with Crippen LogP contribution in [0.4, 0.5) is 5.69 Å². The number of hydrogen-bond donors (Lipinski definition) is 1. The number of ketones is 1. The van der Waals surface area contributed by atoms with Crippen LogP contribution in [0.3, 0.4) is 0 Å². The van der Waals surface area contributed by atoms with Gasteiger partial charge in [0.05, 0.1) is 46.7 Å².